The van der Waals surface area contributed by atoms with E-state index >= 15 is 0 Å². The molecule has 172 valence electrons. The molecule has 0 radical (unpaired) electrons. The lowest BCUT2D eigenvalue weighted by Gasteiger charge is -2.34. The van der Waals surface area contributed by atoms with Gasteiger partial charge in [0.15, 0.2) is 5.84 Å². The summed E-state index contributed by atoms with van der Waals surface area (Å²) >= 11 is 0. The highest BCUT2D eigenvalue weighted by Crippen LogP contribution is 2.32. The van der Waals surface area contributed by atoms with Crippen molar-refractivity contribution in [2.75, 3.05) is 23.3 Å². The van der Waals surface area contributed by atoms with Crippen molar-refractivity contribution in [1.29, 1.82) is 0 Å². The number of benzene rings is 2. The van der Waals surface area contributed by atoms with Gasteiger partial charge in [-0.3, -0.25) is 5.10 Å². The molecule has 1 saturated heterocycles. The Labute approximate surface area is 195 Å². The fourth-order valence-corrected chi connectivity index (χ4v) is 4.45. The Balaban J connectivity index is 1.27. The summed E-state index contributed by atoms with van der Waals surface area (Å²) in [4.78, 5) is 8.64. The van der Waals surface area contributed by atoms with Crippen molar-refractivity contribution in [3.8, 4) is 0 Å². The second kappa shape index (κ2) is 8.02. The van der Waals surface area contributed by atoms with Gasteiger partial charge in [0.2, 0.25) is 0 Å². The van der Waals surface area contributed by atoms with Crippen LogP contribution in [0, 0.1) is 0 Å². The molecule has 0 unspecified atom stereocenters. The van der Waals surface area contributed by atoms with Gasteiger partial charge in [0, 0.05) is 60.1 Å². The molecule has 0 aliphatic carbocycles. The number of amidine groups is 1. The third kappa shape index (κ3) is 3.89. The molecule has 4 heterocycles. The largest absolute Gasteiger partial charge is 0.365 e. The second-order valence-electron chi connectivity index (χ2n) is 8.62. The van der Waals surface area contributed by atoms with E-state index in [1.807, 2.05) is 72.2 Å². The molecule has 1 fully saturated rings. The Bertz CT molecular complexity index is 1350. The van der Waals surface area contributed by atoms with E-state index < -0.39 is 5.92 Å². The number of nitrogens with one attached hydrogen (secondary N) is 3. The van der Waals surface area contributed by atoms with Crippen LogP contribution in [0.3, 0.4) is 0 Å². The number of alkyl halides is 2. The number of aromatic amines is 1. The van der Waals surface area contributed by atoms with Crippen LogP contribution in [-0.2, 0) is 0 Å². The summed E-state index contributed by atoms with van der Waals surface area (Å²) in [6.45, 7) is 0.408. The molecular weight excluding hydrogens is 436 g/mol. The fraction of sp³-hybridized carbons (Fsp3) is 0.200. The van der Waals surface area contributed by atoms with Gasteiger partial charge in [-0.25, -0.2) is 13.8 Å². The predicted octanol–water partition coefficient (Wildman–Crippen LogP) is 4.84. The quantitative estimate of drug-likeness (QED) is 0.523. The number of hydrogen-bond donors (Lipinski definition) is 3. The Morgan fingerprint density at radius 3 is 2.82 bits per heavy atom. The Kier molecular flexibility index (Phi) is 4.83. The molecule has 3 aromatic rings. The highest BCUT2D eigenvalue weighted by molar-refractivity contribution is 6.11. The lowest BCUT2D eigenvalue weighted by Crippen LogP contribution is -2.42. The van der Waals surface area contributed by atoms with Crippen molar-refractivity contribution < 1.29 is 8.78 Å². The maximum Gasteiger partial charge on any atom is 0.265 e. The highest BCUT2D eigenvalue weighted by atomic mass is 19.3. The molecule has 1 aromatic heterocycles. The van der Waals surface area contributed by atoms with Crippen LogP contribution in [0.15, 0.2) is 84.2 Å². The van der Waals surface area contributed by atoms with Gasteiger partial charge in [-0.1, -0.05) is 12.1 Å². The number of H-pyrrole nitrogens is 1. The number of rotatable bonds is 3. The standard InChI is InChI=1S/C25H23F2N7/c26-25(27)8-1-10-34(16-25)20-6-4-19(5-7-20)30-24-23-14-28-9-11-33(23)15-22(31-24)17-2-3-18-13-29-32-21(18)12-17/h2-7,9,11-15,28H,1,8,10,16H2,(H,29,32)(H,30,31). The highest BCUT2D eigenvalue weighted by Gasteiger charge is 2.35. The number of halogens is 2. The van der Waals surface area contributed by atoms with E-state index in [-0.39, 0.29) is 13.0 Å². The number of fused-ring (bicyclic) bond motifs is 2. The summed E-state index contributed by atoms with van der Waals surface area (Å²) in [5.41, 5.74) is 5.20. The van der Waals surface area contributed by atoms with Crippen molar-refractivity contribution in [2.24, 2.45) is 4.99 Å². The van der Waals surface area contributed by atoms with Gasteiger partial charge >= 0.3 is 0 Å². The van der Waals surface area contributed by atoms with Crippen molar-refractivity contribution >= 4 is 33.8 Å². The van der Waals surface area contributed by atoms with Crippen LogP contribution in [0.5, 0.6) is 0 Å². The molecule has 0 atom stereocenters. The second-order valence-corrected chi connectivity index (χ2v) is 8.62. The summed E-state index contributed by atoms with van der Waals surface area (Å²) in [5, 5.41) is 14.6. The third-order valence-electron chi connectivity index (χ3n) is 6.19. The number of anilines is 2. The zero-order valence-electron chi connectivity index (χ0n) is 18.3. The number of piperidine rings is 1. The summed E-state index contributed by atoms with van der Waals surface area (Å²) in [7, 11) is 0. The van der Waals surface area contributed by atoms with Crippen molar-refractivity contribution in [2.45, 2.75) is 18.8 Å². The van der Waals surface area contributed by atoms with Gasteiger partial charge < -0.3 is 20.4 Å². The number of nitrogens with zero attached hydrogens (tertiary/aromatic N) is 4. The van der Waals surface area contributed by atoms with Crippen LogP contribution in [0.4, 0.5) is 20.2 Å². The van der Waals surface area contributed by atoms with Gasteiger partial charge in [0.05, 0.1) is 24.0 Å². The van der Waals surface area contributed by atoms with Crippen molar-refractivity contribution in [1.82, 2.24) is 20.4 Å². The van der Waals surface area contributed by atoms with E-state index in [2.05, 4.69) is 20.8 Å². The zero-order valence-corrected chi connectivity index (χ0v) is 18.3. The normalized spacial score (nSPS) is 19.2. The molecule has 34 heavy (non-hydrogen) atoms. The van der Waals surface area contributed by atoms with Gasteiger partial charge in [-0.2, -0.15) is 5.10 Å². The van der Waals surface area contributed by atoms with Gasteiger partial charge in [-0.15, -0.1) is 0 Å². The average molecular weight is 460 g/mol. The molecule has 0 saturated carbocycles. The fourth-order valence-electron chi connectivity index (χ4n) is 4.45. The number of aromatic nitrogens is 2. The van der Waals surface area contributed by atoms with Crippen LogP contribution in [0.2, 0.25) is 0 Å². The van der Waals surface area contributed by atoms with Gasteiger partial charge in [-0.05, 0) is 36.8 Å². The predicted molar refractivity (Wildman–Crippen MR) is 130 cm³/mol. The molecule has 0 spiro atoms. The first-order valence-electron chi connectivity index (χ1n) is 11.2. The zero-order chi connectivity index (χ0) is 23.1. The van der Waals surface area contributed by atoms with Crippen LogP contribution in [0.1, 0.15) is 18.4 Å². The minimum atomic E-state index is -2.63. The molecule has 0 bridgehead atoms. The number of aliphatic imine (C=N–C) groups is 1. The smallest absolute Gasteiger partial charge is 0.265 e. The lowest BCUT2D eigenvalue weighted by molar-refractivity contribution is -0.0116. The lowest BCUT2D eigenvalue weighted by atomic mass is 10.1. The van der Waals surface area contributed by atoms with Crippen LogP contribution < -0.4 is 15.5 Å². The van der Waals surface area contributed by atoms with E-state index in [0.29, 0.717) is 18.8 Å². The van der Waals surface area contributed by atoms with E-state index in [1.54, 1.807) is 11.1 Å². The molecule has 3 aliphatic rings. The molecular formula is C25H23F2N7. The van der Waals surface area contributed by atoms with Crippen molar-refractivity contribution in [3.05, 3.63) is 84.7 Å². The first-order valence-corrected chi connectivity index (χ1v) is 11.2. The van der Waals surface area contributed by atoms with Crippen LogP contribution >= 0.6 is 0 Å². The Hall–Kier alpha value is -4.14. The molecule has 6 rings (SSSR count). The molecule has 3 N–H and O–H groups in total. The summed E-state index contributed by atoms with van der Waals surface area (Å²) in [6, 6.07) is 13.6. The molecule has 3 aliphatic heterocycles. The minimum absolute atomic E-state index is 0.0415. The first kappa shape index (κ1) is 20.5. The van der Waals surface area contributed by atoms with E-state index in [0.717, 1.165) is 39.2 Å². The average Bonchev–Trinajstić information content (AvgIpc) is 3.32. The summed E-state index contributed by atoms with van der Waals surface area (Å²) in [6.07, 6.45) is 9.88. The van der Waals surface area contributed by atoms with Crippen molar-refractivity contribution in [3.63, 3.8) is 0 Å². The summed E-state index contributed by atoms with van der Waals surface area (Å²) < 4.78 is 27.7. The monoisotopic (exact) mass is 459 g/mol. The number of hydrogen-bond acceptors (Lipinski definition) is 6. The molecule has 2 aromatic carbocycles. The van der Waals surface area contributed by atoms with Crippen LogP contribution in [0.25, 0.3) is 16.6 Å². The maximum atomic E-state index is 13.8. The van der Waals surface area contributed by atoms with E-state index in [4.69, 9.17) is 4.99 Å². The van der Waals surface area contributed by atoms with Gasteiger partial charge in [0.1, 0.15) is 5.70 Å². The van der Waals surface area contributed by atoms with E-state index in [1.165, 1.54) is 0 Å². The molecule has 0 amide bonds. The molecule has 7 nitrogen and oxygen atoms in total. The van der Waals surface area contributed by atoms with E-state index in [9.17, 15) is 8.78 Å². The van der Waals surface area contributed by atoms with Gasteiger partial charge in [0.25, 0.3) is 5.92 Å². The minimum Gasteiger partial charge on any atom is -0.365 e. The third-order valence-corrected chi connectivity index (χ3v) is 6.19. The Morgan fingerprint density at radius 2 is 1.97 bits per heavy atom. The topological polar surface area (TPSA) is 71.6 Å². The first-order chi connectivity index (χ1) is 16.5. The maximum absolute atomic E-state index is 13.8. The Morgan fingerprint density at radius 1 is 1.09 bits per heavy atom. The molecule has 9 heteroatoms. The SMILES string of the molecule is FC1(F)CCCN(c2ccc(NC3=NC(c4ccc5cn[nH]c5c4)=CN4C=CNC=C34)cc2)C1. The summed E-state index contributed by atoms with van der Waals surface area (Å²) in [5.74, 6) is -1.96. The van der Waals surface area contributed by atoms with Crippen LogP contribution in [-0.4, -0.2) is 39.9 Å².